The van der Waals surface area contributed by atoms with Gasteiger partial charge in [0, 0.05) is 23.1 Å². The Bertz CT molecular complexity index is 392. The fourth-order valence-electron chi connectivity index (χ4n) is 2.79. The third-order valence-electron chi connectivity index (χ3n) is 3.67. The number of aromatic nitrogens is 1. The monoisotopic (exact) mass is 278 g/mol. The number of hydrogen-bond acceptors (Lipinski definition) is 3. The summed E-state index contributed by atoms with van der Waals surface area (Å²) >= 11 is 1.90. The molecule has 0 amide bonds. The molecule has 19 heavy (non-hydrogen) atoms. The van der Waals surface area contributed by atoms with Gasteiger partial charge in [-0.1, -0.05) is 33.3 Å². The average Bonchev–Trinajstić information content (AvgIpc) is 2.84. The van der Waals surface area contributed by atoms with Crippen molar-refractivity contribution >= 4 is 11.8 Å². The first-order chi connectivity index (χ1) is 9.22. The van der Waals surface area contributed by atoms with Gasteiger partial charge in [0.05, 0.1) is 0 Å². The van der Waals surface area contributed by atoms with E-state index in [4.69, 9.17) is 0 Å². The molecule has 1 aliphatic rings. The summed E-state index contributed by atoms with van der Waals surface area (Å²) in [6.07, 6.45) is 7.14. The van der Waals surface area contributed by atoms with Gasteiger partial charge in [-0.05, 0) is 38.4 Å². The molecule has 1 fully saturated rings. The third kappa shape index (κ3) is 3.96. The molecule has 1 aromatic rings. The summed E-state index contributed by atoms with van der Waals surface area (Å²) in [5.74, 6) is 0. The van der Waals surface area contributed by atoms with Gasteiger partial charge in [0.1, 0.15) is 5.03 Å². The van der Waals surface area contributed by atoms with E-state index in [0.29, 0.717) is 11.3 Å². The topological polar surface area (TPSA) is 16.1 Å². The van der Waals surface area contributed by atoms with Crippen LogP contribution in [-0.4, -0.2) is 28.2 Å². The van der Waals surface area contributed by atoms with E-state index in [1.54, 1.807) is 0 Å². The van der Waals surface area contributed by atoms with E-state index < -0.39 is 0 Å². The van der Waals surface area contributed by atoms with Crippen LogP contribution in [0.1, 0.15) is 58.1 Å². The van der Waals surface area contributed by atoms with Crippen LogP contribution in [0.4, 0.5) is 0 Å². The van der Waals surface area contributed by atoms with Crippen molar-refractivity contribution in [2.45, 2.75) is 62.8 Å². The van der Waals surface area contributed by atoms with E-state index in [2.05, 4.69) is 42.8 Å². The number of thioether (sulfide) groups is 1. The van der Waals surface area contributed by atoms with Gasteiger partial charge < -0.3 is 0 Å². The minimum atomic E-state index is 0.596. The molecule has 3 heteroatoms. The molecule has 0 N–H and O–H groups in total. The lowest BCUT2D eigenvalue weighted by atomic mass is 10.1. The Labute approximate surface area is 122 Å². The zero-order valence-corrected chi connectivity index (χ0v) is 13.2. The van der Waals surface area contributed by atoms with Gasteiger partial charge in [0.15, 0.2) is 0 Å². The van der Waals surface area contributed by atoms with Crippen molar-refractivity contribution in [3.05, 3.63) is 23.9 Å². The van der Waals surface area contributed by atoms with E-state index in [0.717, 1.165) is 0 Å². The van der Waals surface area contributed by atoms with Crippen molar-refractivity contribution < 1.29 is 0 Å². The second-order valence-corrected chi connectivity index (χ2v) is 7.18. The SMILES string of the molecule is CCCCN1CCC[C@@H]1c1cccnc1SC(C)C. The Kier molecular flexibility index (Phi) is 5.71. The maximum absolute atomic E-state index is 4.61. The van der Waals surface area contributed by atoms with Gasteiger partial charge in [0.2, 0.25) is 0 Å². The Morgan fingerprint density at radius 2 is 2.32 bits per heavy atom. The van der Waals surface area contributed by atoms with Crippen LogP contribution < -0.4 is 0 Å². The van der Waals surface area contributed by atoms with Gasteiger partial charge >= 0.3 is 0 Å². The van der Waals surface area contributed by atoms with E-state index in [9.17, 15) is 0 Å². The molecule has 1 aromatic heterocycles. The molecule has 0 bridgehead atoms. The summed E-state index contributed by atoms with van der Waals surface area (Å²) in [5, 5.41) is 1.84. The quantitative estimate of drug-likeness (QED) is 0.712. The normalized spacial score (nSPS) is 20.3. The van der Waals surface area contributed by atoms with Crippen molar-refractivity contribution in [2.24, 2.45) is 0 Å². The Balaban J connectivity index is 2.15. The smallest absolute Gasteiger partial charge is 0.101 e. The molecule has 106 valence electrons. The highest BCUT2D eigenvalue weighted by molar-refractivity contribution is 7.99. The summed E-state index contributed by atoms with van der Waals surface area (Å²) in [7, 11) is 0. The van der Waals surface area contributed by atoms with E-state index in [-0.39, 0.29) is 0 Å². The number of rotatable bonds is 6. The Morgan fingerprint density at radius 3 is 3.05 bits per heavy atom. The average molecular weight is 278 g/mol. The number of hydrogen-bond donors (Lipinski definition) is 0. The second kappa shape index (κ2) is 7.30. The zero-order valence-electron chi connectivity index (χ0n) is 12.4. The van der Waals surface area contributed by atoms with Gasteiger partial charge in [-0.15, -0.1) is 11.8 Å². The van der Waals surface area contributed by atoms with Crippen molar-refractivity contribution in [3.8, 4) is 0 Å². The molecular weight excluding hydrogens is 252 g/mol. The largest absolute Gasteiger partial charge is 0.296 e. The van der Waals surface area contributed by atoms with E-state index >= 15 is 0 Å². The summed E-state index contributed by atoms with van der Waals surface area (Å²) in [4.78, 5) is 7.27. The molecule has 2 heterocycles. The maximum Gasteiger partial charge on any atom is 0.101 e. The highest BCUT2D eigenvalue weighted by atomic mass is 32.2. The first kappa shape index (κ1) is 14.9. The highest BCUT2D eigenvalue weighted by Gasteiger charge is 2.27. The first-order valence-corrected chi connectivity index (χ1v) is 8.46. The minimum absolute atomic E-state index is 0.596. The summed E-state index contributed by atoms with van der Waals surface area (Å²) < 4.78 is 0. The van der Waals surface area contributed by atoms with Crippen LogP contribution in [0.25, 0.3) is 0 Å². The Hall–Kier alpha value is -0.540. The standard InChI is InChI=1S/C16H26N2S/c1-4-5-11-18-12-7-9-15(18)14-8-6-10-17-16(14)19-13(2)3/h6,8,10,13,15H,4-5,7,9,11-12H2,1-3H3/t15-/m1/s1. The number of likely N-dealkylation sites (tertiary alicyclic amines) is 1. The van der Waals surface area contributed by atoms with Gasteiger partial charge in [-0.25, -0.2) is 4.98 Å². The van der Waals surface area contributed by atoms with Crippen molar-refractivity contribution in [3.63, 3.8) is 0 Å². The zero-order chi connectivity index (χ0) is 13.7. The molecule has 0 radical (unpaired) electrons. The van der Waals surface area contributed by atoms with Crippen molar-refractivity contribution in [1.29, 1.82) is 0 Å². The summed E-state index contributed by atoms with van der Waals surface area (Å²) in [6, 6.07) is 4.98. The number of pyridine rings is 1. The lowest BCUT2D eigenvalue weighted by Gasteiger charge is -2.26. The third-order valence-corrected chi connectivity index (χ3v) is 4.71. The first-order valence-electron chi connectivity index (χ1n) is 7.58. The molecular formula is C16H26N2S. The molecule has 0 spiro atoms. The molecule has 1 aliphatic heterocycles. The summed E-state index contributed by atoms with van der Waals surface area (Å²) in [5.41, 5.74) is 1.45. The van der Waals surface area contributed by atoms with Crippen molar-refractivity contribution in [2.75, 3.05) is 13.1 Å². The number of unbranched alkanes of at least 4 members (excludes halogenated alkanes) is 1. The second-order valence-electron chi connectivity index (χ2n) is 5.61. The molecule has 0 aliphatic carbocycles. The Morgan fingerprint density at radius 1 is 1.47 bits per heavy atom. The van der Waals surface area contributed by atoms with Crippen LogP contribution in [-0.2, 0) is 0 Å². The lowest BCUT2D eigenvalue weighted by Crippen LogP contribution is -2.25. The highest BCUT2D eigenvalue weighted by Crippen LogP contribution is 2.37. The predicted molar refractivity (Wildman–Crippen MR) is 83.7 cm³/mol. The molecule has 0 aromatic carbocycles. The molecule has 1 atom stereocenters. The van der Waals surface area contributed by atoms with Gasteiger partial charge in [-0.2, -0.15) is 0 Å². The minimum Gasteiger partial charge on any atom is -0.296 e. The van der Waals surface area contributed by atoms with Crippen LogP contribution in [0.2, 0.25) is 0 Å². The molecule has 0 saturated carbocycles. The van der Waals surface area contributed by atoms with E-state index in [1.165, 1.54) is 49.4 Å². The molecule has 2 rings (SSSR count). The van der Waals surface area contributed by atoms with Crippen molar-refractivity contribution in [1.82, 2.24) is 9.88 Å². The van der Waals surface area contributed by atoms with Crippen LogP contribution in [0.5, 0.6) is 0 Å². The lowest BCUT2D eigenvalue weighted by molar-refractivity contribution is 0.250. The van der Waals surface area contributed by atoms with E-state index in [1.807, 2.05) is 18.0 Å². The number of nitrogens with zero attached hydrogens (tertiary/aromatic N) is 2. The molecule has 0 unspecified atom stereocenters. The fourth-order valence-corrected chi connectivity index (χ4v) is 3.69. The van der Waals surface area contributed by atoms with Crippen LogP contribution in [0.3, 0.4) is 0 Å². The van der Waals surface area contributed by atoms with Crippen LogP contribution in [0, 0.1) is 0 Å². The van der Waals surface area contributed by atoms with Gasteiger partial charge in [0.25, 0.3) is 0 Å². The van der Waals surface area contributed by atoms with Gasteiger partial charge in [-0.3, -0.25) is 4.90 Å². The predicted octanol–water partition coefficient (Wildman–Crippen LogP) is 4.52. The fraction of sp³-hybridized carbons (Fsp3) is 0.688. The maximum atomic E-state index is 4.61. The van der Waals surface area contributed by atoms with Crippen LogP contribution in [0.15, 0.2) is 23.4 Å². The molecule has 2 nitrogen and oxygen atoms in total. The summed E-state index contributed by atoms with van der Waals surface area (Å²) in [6.45, 7) is 9.25. The van der Waals surface area contributed by atoms with Crippen LogP contribution >= 0.6 is 11.8 Å². The molecule has 1 saturated heterocycles.